The lowest BCUT2D eigenvalue weighted by atomic mass is 10.0. The Morgan fingerprint density at radius 3 is 1.94 bits per heavy atom. The van der Waals surface area contributed by atoms with Gasteiger partial charge in [-0.3, -0.25) is 24.0 Å². The van der Waals surface area contributed by atoms with Crippen molar-refractivity contribution in [2.45, 2.75) is 72.0 Å². The van der Waals surface area contributed by atoms with E-state index in [-0.39, 0.29) is 25.3 Å². The lowest BCUT2D eigenvalue weighted by molar-refractivity contribution is -0.141. The van der Waals surface area contributed by atoms with E-state index in [1.54, 1.807) is 20.8 Å². The zero-order chi connectivity index (χ0) is 26.4. The summed E-state index contributed by atoms with van der Waals surface area (Å²) in [6.07, 6.45) is 0.221. The average molecular weight is 487 g/mol. The zero-order valence-electron chi connectivity index (χ0n) is 20.4. The van der Waals surface area contributed by atoms with E-state index >= 15 is 0 Å². The third kappa shape index (κ3) is 12.0. The number of hydrogen-bond donors (Lipinski definition) is 7. The number of rotatable bonds is 15. The monoisotopic (exact) mass is 486 g/mol. The maximum atomic E-state index is 12.9. The van der Waals surface area contributed by atoms with Crippen molar-refractivity contribution >= 4 is 35.6 Å². The van der Waals surface area contributed by atoms with Gasteiger partial charge in [0.15, 0.2) is 0 Å². The number of hydrogen-bond acceptors (Lipinski definition) is 6. The normalized spacial score (nSPS) is 14.2. The summed E-state index contributed by atoms with van der Waals surface area (Å²) in [6.45, 7) is 8.57. The van der Waals surface area contributed by atoms with Gasteiger partial charge in [-0.15, -0.1) is 0 Å². The fourth-order valence-electron chi connectivity index (χ4n) is 2.93. The number of aliphatic carboxylic acids is 1. The smallest absolute Gasteiger partial charge is 0.312 e. The van der Waals surface area contributed by atoms with Crippen LogP contribution in [0.15, 0.2) is 0 Å². The molecule has 0 spiro atoms. The molecule has 1 unspecified atom stereocenters. The van der Waals surface area contributed by atoms with Crippen molar-refractivity contribution in [3.05, 3.63) is 0 Å². The SMILES string of the molecule is CCNC(=O)[C@H](CCCNC(N)=O)NC(=O)[C@@H](NC(=O)[C@H](C)NC(=O)C(C)CC(=O)O)C(C)C. The van der Waals surface area contributed by atoms with Crippen molar-refractivity contribution in [2.75, 3.05) is 13.1 Å². The number of carboxylic acids is 1. The van der Waals surface area contributed by atoms with Gasteiger partial charge in [-0.1, -0.05) is 20.8 Å². The van der Waals surface area contributed by atoms with Crippen LogP contribution in [0.5, 0.6) is 0 Å². The highest BCUT2D eigenvalue weighted by molar-refractivity contribution is 5.94. The van der Waals surface area contributed by atoms with Crippen LogP contribution in [0.1, 0.15) is 53.9 Å². The molecule has 0 aromatic rings. The number of urea groups is 1. The highest BCUT2D eigenvalue weighted by atomic mass is 16.4. The number of primary amides is 1. The van der Waals surface area contributed by atoms with Crippen LogP contribution < -0.4 is 32.3 Å². The van der Waals surface area contributed by atoms with E-state index in [0.717, 1.165) is 0 Å². The van der Waals surface area contributed by atoms with Crippen LogP contribution in [-0.2, 0) is 24.0 Å². The molecular formula is C21H38N6O7. The molecule has 8 N–H and O–H groups in total. The third-order valence-corrected chi connectivity index (χ3v) is 4.88. The Kier molecular flexibility index (Phi) is 13.9. The Bertz CT molecular complexity index is 743. The van der Waals surface area contributed by atoms with Crippen LogP contribution in [0.2, 0.25) is 0 Å². The van der Waals surface area contributed by atoms with Gasteiger partial charge in [-0.05, 0) is 32.6 Å². The second-order valence-electron chi connectivity index (χ2n) is 8.35. The van der Waals surface area contributed by atoms with Gasteiger partial charge in [0.1, 0.15) is 18.1 Å². The molecule has 0 saturated carbocycles. The maximum absolute atomic E-state index is 12.9. The van der Waals surface area contributed by atoms with E-state index in [2.05, 4.69) is 26.6 Å². The van der Waals surface area contributed by atoms with E-state index < -0.39 is 59.7 Å². The van der Waals surface area contributed by atoms with Crippen molar-refractivity contribution in [3.8, 4) is 0 Å². The summed E-state index contributed by atoms with van der Waals surface area (Å²) < 4.78 is 0. The summed E-state index contributed by atoms with van der Waals surface area (Å²) in [5.41, 5.74) is 5.02. The standard InChI is InChI=1S/C21H38N6O7/c1-6-23-19(32)14(8-7-9-24-21(22)34)26-20(33)16(11(2)3)27-18(31)13(5)25-17(30)12(4)10-15(28)29/h11-14,16H,6-10H2,1-5H3,(H,23,32)(H,25,30)(H,26,33)(H,27,31)(H,28,29)(H3,22,24,34)/t12?,13-,14-,16-/m0/s1. The minimum Gasteiger partial charge on any atom is -0.481 e. The van der Waals surface area contributed by atoms with Gasteiger partial charge in [-0.2, -0.15) is 0 Å². The molecule has 0 saturated heterocycles. The quantitative estimate of drug-likeness (QED) is 0.141. The Morgan fingerprint density at radius 1 is 0.824 bits per heavy atom. The van der Waals surface area contributed by atoms with Gasteiger partial charge < -0.3 is 37.4 Å². The number of nitrogens with one attached hydrogen (secondary N) is 5. The minimum atomic E-state index is -1.14. The Balaban J connectivity index is 5.15. The van der Waals surface area contributed by atoms with Crippen LogP contribution in [0.3, 0.4) is 0 Å². The van der Waals surface area contributed by atoms with Crippen molar-refractivity contribution in [1.82, 2.24) is 26.6 Å². The fourth-order valence-corrected chi connectivity index (χ4v) is 2.93. The third-order valence-electron chi connectivity index (χ3n) is 4.88. The molecule has 0 aromatic heterocycles. The van der Waals surface area contributed by atoms with Crippen LogP contribution in [0, 0.1) is 11.8 Å². The average Bonchev–Trinajstić information content (AvgIpc) is 2.72. The van der Waals surface area contributed by atoms with Crippen molar-refractivity contribution in [3.63, 3.8) is 0 Å². The molecule has 13 heteroatoms. The topological polar surface area (TPSA) is 209 Å². The summed E-state index contributed by atoms with van der Waals surface area (Å²) in [6, 6.07) is -3.60. The van der Waals surface area contributed by atoms with Crippen LogP contribution in [0.25, 0.3) is 0 Å². The second-order valence-corrected chi connectivity index (χ2v) is 8.35. The highest BCUT2D eigenvalue weighted by Gasteiger charge is 2.30. The number of carboxylic acid groups (broad SMARTS) is 1. The van der Waals surface area contributed by atoms with Gasteiger partial charge in [0.05, 0.1) is 6.42 Å². The Labute approximate surface area is 199 Å². The second kappa shape index (κ2) is 15.5. The largest absolute Gasteiger partial charge is 0.481 e. The Morgan fingerprint density at radius 2 is 1.44 bits per heavy atom. The summed E-state index contributed by atoms with van der Waals surface area (Å²) in [4.78, 5) is 71.5. The number of carbonyl (C=O) groups is 6. The number of nitrogens with two attached hydrogens (primary N) is 1. The predicted octanol–water partition coefficient (Wildman–Crippen LogP) is -1.19. The van der Waals surface area contributed by atoms with Gasteiger partial charge in [-0.25, -0.2) is 4.79 Å². The molecule has 4 atom stereocenters. The van der Waals surface area contributed by atoms with Gasteiger partial charge in [0, 0.05) is 19.0 Å². The number of carbonyl (C=O) groups excluding carboxylic acids is 5. The Hall–Kier alpha value is -3.38. The molecule has 0 aliphatic rings. The number of likely N-dealkylation sites (N-methyl/N-ethyl adjacent to an activating group) is 1. The van der Waals surface area contributed by atoms with E-state index in [1.807, 2.05) is 0 Å². The molecule has 0 aliphatic carbocycles. The predicted molar refractivity (Wildman–Crippen MR) is 123 cm³/mol. The molecule has 13 nitrogen and oxygen atoms in total. The fraction of sp³-hybridized carbons (Fsp3) is 0.714. The molecule has 0 aromatic carbocycles. The first-order valence-electron chi connectivity index (χ1n) is 11.2. The summed E-state index contributed by atoms with van der Waals surface area (Å²) in [5.74, 6) is -4.54. The molecule has 6 amide bonds. The maximum Gasteiger partial charge on any atom is 0.312 e. The highest BCUT2D eigenvalue weighted by Crippen LogP contribution is 2.06. The van der Waals surface area contributed by atoms with Crippen molar-refractivity contribution in [2.24, 2.45) is 17.6 Å². The lowest BCUT2D eigenvalue weighted by Crippen LogP contribution is -2.58. The summed E-state index contributed by atoms with van der Waals surface area (Å²) >= 11 is 0. The van der Waals surface area contributed by atoms with Crippen molar-refractivity contribution in [1.29, 1.82) is 0 Å². The first-order chi connectivity index (χ1) is 15.8. The molecule has 0 bridgehead atoms. The van der Waals surface area contributed by atoms with E-state index in [9.17, 15) is 28.8 Å². The van der Waals surface area contributed by atoms with Gasteiger partial charge in [0.25, 0.3) is 0 Å². The summed E-state index contributed by atoms with van der Waals surface area (Å²) in [5, 5.41) is 21.5. The molecular weight excluding hydrogens is 448 g/mol. The molecule has 34 heavy (non-hydrogen) atoms. The van der Waals surface area contributed by atoms with E-state index in [0.29, 0.717) is 13.0 Å². The molecule has 0 aliphatic heterocycles. The van der Waals surface area contributed by atoms with E-state index in [4.69, 9.17) is 10.8 Å². The molecule has 0 fully saturated rings. The first kappa shape index (κ1) is 30.6. The molecule has 194 valence electrons. The van der Waals surface area contributed by atoms with Crippen LogP contribution >= 0.6 is 0 Å². The molecule has 0 heterocycles. The summed E-state index contributed by atoms with van der Waals surface area (Å²) in [7, 11) is 0. The number of amides is 6. The van der Waals surface area contributed by atoms with E-state index in [1.165, 1.54) is 13.8 Å². The van der Waals surface area contributed by atoms with Crippen molar-refractivity contribution < 1.29 is 33.9 Å². The zero-order valence-corrected chi connectivity index (χ0v) is 20.4. The molecule has 0 radical (unpaired) electrons. The first-order valence-corrected chi connectivity index (χ1v) is 11.2. The molecule has 0 rings (SSSR count). The van der Waals surface area contributed by atoms with Crippen LogP contribution in [-0.4, -0.2) is 72.0 Å². The lowest BCUT2D eigenvalue weighted by Gasteiger charge is -2.26. The van der Waals surface area contributed by atoms with Gasteiger partial charge in [0.2, 0.25) is 23.6 Å². The van der Waals surface area contributed by atoms with Gasteiger partial charge >= 0.3 is 12.0 Å². The minimum absolute atomic E-state index is 0.225. The van der Waals surface area contributed by atoms with Crippen LogP contribution in [0.4, 0.5) is 4.79 Å².